The van der Waals surface area contributed by atoms with Crippen molar-refractivity contribution in [1.29, 1.82) is 0 Å². The van der Waals surface area contributed by atoms with Crippen LogP contribution in [0.5, 0.6) is 5.75 Å². The highest BCUT2D eigenvalue weighted by molar-refractivity contribution is 7.90. The van der Waals surface area contributed by atoms with E-state index in [1.54, 1.807) is 19.2 Å². The summed E-state index contributed by atoms with van der Waals surface area (Å²) in [6, 6.07) is 3.54. The number of hydrogen-bond acceptors (Lipinski definition) is 5. The average Bonchev–Trinajstić information content (AvgIpc) is 2.62. The number of hydrogen-bond donors (Lipinski definition) is 1. The van der Waals surface area contributed by atoms with Gasteiger partial charge in [-0.3, -0.25) is 0 Å². The topological polar surface area (TPSA) is 87.2 Å². The molecule has 6 nitrogen and oxygen atoms in total. The summed E-state index contributed by atoms with van der Waals surface area (Å²) in [5.41, 5.74) is 8.00. The molecule has 1 heterocycles. The molecule has 0 atom stereocenters. The third-order valence-corrected chi connectivity index (χ3v) is 3.97. The van der Waals surface area contributed by atoms with Gasteiger partial charge >= 0.3 is 0 Å². The molecule has 19 heavy (non-hydrogen) atoms. The Morgan fingerprint density at radius 1 is 1.42 bits per heavy atom. The van der Waals surface area contributed by atoms with Gasteiger partial charge in [-0.2, -0.15) is 0 Å². The van der Waals surface area contributed by atoms with E-state index in [-0.39, 0.29) is 5.75 Å². The maximum Gasteiger partial charge on any atom is 0.147 e. The van der Waals surface area contributed by atoms with Crippen molar-refractivity contribution in [3.05, 3.63) is 18.0 Å². The number of sulfone groups is 1. The smallest absolute Gasteiger partial charge is 0.147 e. The molecule has 0 bridgehead atoms. The number of imidazole rings is 1. The van der Waals surface area contributed by atoms with Crippen LogP contribution in [0.2, 0.25) is 0 Å². The van der Waals surface area contributed by atoms with Gasteiger partial charge in [0.2, 0.25) is 0 Å². The number of aryl methyl sites for hydroxylation is 2. The molecular weight excluding hydrogens is 266 g/mol. The zero-order chi connectivity index (χ0) is 14.2. The highest BCUT2D eigenvalue weighted by atomic mass is 32.2. The summed E-state index contributed by atoms with van der Waals surface area (Å²) in [5, 5.41) is 0. The predicted octanol–water partition coefficient (Wildman–Crippen LogP) is 0.751. The summed E-state index contributed by atoms with van der Waals surface area (Å²) in [7, 11) is 0.393. The minimum absolute atomic E-state index is 0.0801. The summed E-state index contributed by atoms with van der Waals surface area (Å²) in [5.74, 6) is 1.37. The predicted molar refractivity (Wildman–Crippen MR) is 75.1 cm³/mol. The van der Waals surface area contributed by atoms with Gasteiger partial charge in [0.1, 0.15) is 21.4 Å². The molecule has 104 valence electrons. The van der Waals surface area contributed by atoms with Crippen molar-refractivity contribution in [3.63, 3.8) is 0 Å². The van der Waals surface area contributed by atoms with Crippen molar-refractivity contribution >= 4 is 26.6 Å². The second kappa shape index (κ2) is 4.73. The molecule has 0 aliphatic heterocycles. The van der Waals surface area contributed by atoms with E-state index in [1.165, 1.54) is 6.26 Å². The lowest BCUT2D eigenvalue weighted by Gasteiger charge is -2.04. The van der Waals surface area contributed by atoms with Gasteiger partial charge in [0.15, 0.2) is 0 Å². The van der Waals surface area contributed by atoms with Crippen LogP contribution in [0.1, 0.15) is 5.82 Å². The van der Waals surface area contributed by atoms with Gasteiger partial charge in [0, 0.05) is 25.8 Å². The van der Waals surface area contributed by atoms with E-state index in [0.29, 0.717) is 23.7 Å². The number of ether oxygens (including phenoxy) is 1. The third kappa shape index (κ3) is 2.81. The molecule has 0 amide bonds. The standard InChI is InChI=1S/C12H17N3O3S/c1-15-10-6-8(13)11(18-2)7-9(10)14-12(15)4-5-19(3,16)17/h6-7H,4-5,13H2,1-3H3. The largest absolute Gasteiger partial charge is 0.495 e. The number of fused-ring (bicyclic) bond motifs is 1. The Hall–Kier alpha value is -1.76. The first-order chi connectivity index (χ1) is 8.81. The van der Waals surface area contributed by atoms with E-state index in [1.807, 2.05) is 11.6 Å². The average molecular weight is 283 g/mol. The Bertz CT molecular complexity index is 719. The summed E-state index contributed by atoms with van der Waals surface area (Å²) in [6.45, 7) is 0. The number of methoxy groups -OCH3 is 1. The Labute approximate surface area is 112 Å². The minimum atomic E-state index is -3.00. The van der Waals surface area contributed by atoms with Crippen LogP contribution in [0.3, 0.4) is 0 Å². The van der Waals surface area contributed by atoms with Gasteiger partial charge in [0.05, 0.1) is 29.6 Å². The van der Waals surface area contributed by atoms with Gasteiger partial charge in [-0.05, 0) is 6.07 Å². The van der Waals surface area contributed by atoms with Gasteiger partial charge in [0.25, 0.3) is 0 Å². The number of aromatic nitrogens is 2. The molecule has 1 aromatic heterocycles. The Balaban J connectivity index is 2.45. The second-order valence-corrected chi connectivity index (χ2v) is 6.81. The molecule has 0 radical (unpaired) electrons. The number of anilines is 1. The highest BCUT2D eigenvalue weighted by Crippen LogP contribution is 2.27. The monoisotopic (exact) mass is 283 g/mol. The Morgan fingerprint density at radius 2 is 2.11 bits per heavy atom. The van der Waals surface area contributed by atoms with Crippen molar-refractivity contribution in [1.82, 2.24) is 9.55 Å². The first-order valence-corrected chi connectivity index (χ1v) is 7.84. The summed E-state index contributed by atoms with van der Waals surface area (Å²) < 4.78 is 29.4. The molecule has 0 spiro atoms. The van der Waals surface area contributed by atoms with E-state index in [2.05, 4.69) is 4.98 Å². The summed E-state index contributed by atoms with van der Waals surface area (Å²) in [4.78, 5) is 4.43. The zero-order valence-corrected chi connectivity index (χ0v) is 12.0. The molecule has 2 N–H and O–H groups in total. The fourth-order valence-corrected chi connectivity index (χ4v) is 2.52. The van der Waals surface area contributed by atoms with Gasteiger partial charge in [-0.1, -0.05) is 0 Å². The summed E-state index contributed by atoms with van der Waals surface area (Å²) >= 11 is 0. The molecule has 2 aromatic rings. The molecule has 0 saturated carbocycles. The molecule has 0 aliphatic rings. The van der Waals surface area contributed by atoms with Crippen LogP contribution in [0.15, 0.2) is 12.1 Å². The minimum Gasteiger partial charge on any atom is -0.495 e. The number of nitrogens with two attached hydrogens (primary N) is 1. The van der Waals surface area contributed by atoms with Crippen molar-refractivity contribution in [2.75, 3.05) is 24.9 Å². The maximum atomic E-state index is 11.2. The molecule has 2 rings (SSSR count). The fraction of sp³-hybridized carbons (Fsp3) is 0.417. The van der Waals surface area contributed by atoms with Crippen LogP contribution in [-0.4, -0.2) is 37.1 Å². The molecular formula is C12H17N3O3S. The Kier molecular flexibility index (Phi) is 3.40. The highest BCUT2D eigenvalue weighted by Gasteiger charge is 2.13. The van der Waals surface area contributed by atoms with Crippen LogP contribution < -0.4 is 10.5 Å². The number of nitrogen functional groups attached to an aromatic ring is 1. The van der Waals surface area contributed by atoms with E-state index < -0.39 is 9.84 Å². The SMILES string of the molecule is COc1cc2nc(CCS(C)(=O)=O)n(C)c2cc1N. The van der Waals surface area contributed by atoms with Crippen molar-refractivity contribution in [3.8, 4) is 5.75 Å². The van der Waals surface area contributed by atoms with Crippen LogP contribution in [0.25, 0.3) is 11.0 Å². The molecule has 7 heteroatoms. The van der Waals surface area contributed by atoms with Gasteiger partial charge < -0.3 is 15.0 Å². The first-order valence-electron chi connectivity index (χ1n) is 5.78. The summed E-state index contributed by atoms with van der Waals surface area (Å²) in [6.07, 6.45) is 1.60. The Morgan fingerprint density at radius 3 is 2.68 bits per heavy atom. The molecule has 0 unspecified atom stereocenters. The van der Waals surface area contributed by atoms with E-state index in [4.69, 9.17) is 10.5 Å². The molecule has 0 saturated heterocycles. The maximum absolute atomic E-state index is 11.2. The van der Waals surface area contributed by atoms with E-state index in [9.17, 15) is 8.42 Å². The van der Waals surface area contributed by atoms with Crippen molar-refractivity contribution in [2.24, 2.45) is 7.05 Å². The van der Waals surface area contributed by atoms with Crippen molar-refractivity contribution in [2.45, 2.75) is 6.42 Å². The zero-order valence-electron chi connectivity index (χ0n) is 11.2. The number of benzene rings is 1. The lowest BCUT2D eigenvalue weighted by molar-refractivity contribution is 0.417. The van der Waals surface area contributed by atoms with Crippen LogP contribution in [0, 0.1) is 0 Å². The van der Waals surface area contributed by atoms with E-state index in [0.717, 1.165) is 11.0 Å². The first kappa shape index (κ1) is 13.7. The molecule has 1 aromatic carbocycles. The van der Waals surface area contributed by atoms with E-state index >= 15 is 0 Å². The lowest BCUT2D eigenvalue weighted by Crippen LogP contribution is -2.09. The van der Waals surface area contributed by atoms with Crippen molar-refractivity contribution < 1.29 is 13.2 Å². The fourth-order valence-electron chi connectivity index (χ4n) is 1.96. The van der Waals surface area contributed by atoms with Gasteiger partial charge in [-0.25, -0.2) is 13.4 Å². The van der Waals surface area contributed by atoms with Crippen LogP contribution in [-0.2, 0) is 23.3 Å². The lowest BCUT2D eigenvalue weighted by atomic mass is 10.2. The quantitative estimate of drug-likeness (QED) is 0.837. The van der Waals surface area contributed by atoms with Crippen LogP contribution in [0.4, 0.5) is 5.69 Å². The second-order valence-electron chi connectivity index (χ2n) is 4.55. The number of rotatable bonds is 4. The normalized spacial score (nSPS) is 11.9. The molecule has 0 fully saturated rings. The molecule has 0 aliphatic carbocycles. The number of nitrogens with zero attached hydrogens (tertiary/aromatic N) is 2. The third-order valence-electron chi connectivity index (χ3n) is 3.02. The van der Waals surface area contributed by atoms with Crippen LogP contribution >= 0.6 is 0 Å². The van der Waals surface area contributed by atoms with Gasteiger partial charge in [-0.15, -0.1) is 0 Å².